The second-order valence-electron chi connectivity index (χ2n) is 4.73. The zero-order valence-electron chi connectivity index (χ0n) is 10.2. The molecule has 1 aliphatic heterocycles. The summed E-state index contributed by atoms with van der Waals surface area (Å²) in [6, 6.07) is 6.68. The molecule has 3 heteroatoms. The first-order valence-corrected chi connectivity index (χ1v) is 6.20. The van der Waals surface area contributed by atoms with E-state index in [4.69, 9.17) is 0 Å². The Labute approximate surface area is 101 Å². The van der Waals surface area contributed by atoms with E-state index in [-0.39, 0.29) is 17.6 Å². The summed E-state index contributed by atoms with van der Waals surface area (Å²) in [5, 5.41) is 0. The van der Waals surface area contributed by atoms with Gasteiger partial charge >= 0.3 is 0 Å². The van der Waals surface area contributed by atoms with Crippen LogP contribution >= 0.6 is 0 Å². The van der Waals surface area contributed by atoms with E-state index < -0.39 is 0 Å². The van der Waals surface area contributed by atoms with Crippen LogP contribution in [-0.2, 0) is 11.2 Å². The van der Waals surface area contributed by atoms with Crippen molar-refractivity contribution >= 4 is 5.91 Å². The molecule has 1 fully saturated rings. The fourth-order valence-electron chi connectivity index (χ4n) is 2.33. The van der Waals surface area contributed by atoms with Crippen LogP contribution in [0.15, 0.2) is 24.3 Å². The average Bonchev–Trinajstić information content (AvgIpc) is 2.84. The Morgan fingerprint density at radius 2 is 2.00 bits per heavy atom. The van der Waals surface area contributed by atoms with E-state index in [0.29, 0.717) is 12.0 Å². The maximum Gasteiger partial charge on any atom is 0.225 e. The lowest BCUT2D eigenvalue weighted by Gasteiger charge is -2.20. The molecule has 0 spiro atoms. The standard InChI is InChI=1S/C14H18FNO/c1-11(14(17)16-8-4-5-9-16)10-12-6-2-3-7-13(12)15/h2-3,6-7,11H,4-5,8-10H2,1H3. The Morgan fingerprint density at radius 1 is 1.35 bits per heavy atom. The number of carbonyl (C=O) groups is 1. The van der Waals surface area contributed by atoms with Crippen LogP contribution in [0, 0.1) is 11.7 Å². The maximum atomic E-state index is 13.5. The number of amides is 1. The summed E-state index contributed by atoms with van der Waals surface area (Å²) >= 11 is 0. The lowest BCUT2D eigenvalue weighted by molar-refractivity contribution is -0.133. The number of carbonyl (C=O) groups excluding carboxylic acids is 1. The van der Waals surface area contributed by atoms with E-state index in [1.54, 1.807) is 12.1 Å². The summed E-state index contributed by atoms with van der Waals surface area (Å²) in [4.78, 5) is 14.0. The topological polar surface area (TPSA) is 20.3 Å². The Hall–Kier alpha value is -1.38. The van der Waals surface area contributed by atoms with Crippen molar-refractivity contribution in [2.24, 2.45) is 5.92 Å². The van der Waals surface area contributed by atoms with Crippen molar-refractivity contribution in [1.29, 1.82) is 0 Å². The monoisotopic (exact) mass is 235 g/mol. The average molecular weight is 235 g/mol. The smallest absolute Gasteiger partial charge is 0.225 e. The third-order valence-electron chi connectivity index (χ3n) is 3.32. The van der Waals surface area contributed by atoms with Crippen molar-refractivity contribution in [2.75, 3.05) is 13.1 Å². The summed E-state index contributed by atoms with van der Waals surface area (Å²) in [5.74, 6) is -0.190. The lowest BCUT2D eigenvalue weighted by Crippen LogP contribution is -2.33. The largest absolute Gasteiger partial charge is 0.342 e. The van der Waals surface area contributed by atoms with Gasteiger partial charge in [-0.3, -0.25) is 4.79 Å². The molecule has 0 aliphatic carbocycles. The molecule has 1 heterocycles. The van der Waals surface area contributed by atoms with E-state index in [1.165, 1.54) is 6.07 Å². The summed E-state index contributed by atoms with van der Waals surface area (Å²) in [6.45, 7) is 3.61. The van der Waals surface area contributed by atoms with Gasteiger partial charge in [0, 0.05) is 19.0 Å². The van der Waals surface area contributed by atoms with E-state index in [2.05, 4.69) is 0 Å². The van der Waals surface area contributed by atoms with Crippen LogP contribution in [0.4, 0.5) is 4.39 Å². The number of benzene rings is 1. The molecule has 1 amide bonds. The number of likely N-dealkylation sites (tertiary alicyclic amines) is 1. The second-order valence-corrected chi connectivity index (χ2v) is 4.73. The van der Waals surface area contributed by atoms with Crippen molar-refractivity contribution in [3.05, 3.63) is 35.6 Å². The van der Waals surface area contributed by atoms with Crippen LogP contribution in [0.3, 0.4) is 0 Å². The van der Waals surface area contributed by atoms with E-state index in [0.717, 1.165) is 25.9 Å². The minimum atomic E-state index is -0.214. The van der Waals surface area contributed by atoms with Crippen molar-refractivity contribution in [1.82, 2.24) is 4.90 Å². The van der Waals surface area contributed by atoms with Crippen LogP contribution in [0.2, 0.25) is 0 Å². The molecule has 1 aromatic carbocycles. The molecule has 1 atom stereocenters. The Kier molecular flexibility index (Phi) is 3.77. The number of nitrogens with zero attached hydrogens (tertiary/aromatic N) is 1. The van der Waals surface area contributed by atoms with Gasteiger partial charge in [-0.1, -0.05) is 25.1 Å². The summed E-state index contributed by atoms with van der Waals surface area (Å²) in [5.41, 5.74) is 0.632. The van der Waals surface area contributed by atoms with Gasteiger partial charge in [0.05, 0.1) is 0 Å². The molecule has 0 bridgehead atoms. The van der Waals surface area contributed by atoms with E-state index in [9.17, 15) is 9.18 Å². The van der Waals surface area contributed by atoms with Gasteiger partial charge in [-0.2, -0.15) is 0 Å². The van der Waals surface area contributed by atoms with Crippen LogP contribution < -0.4 is 0 Å². The van der Waals surface area contributed by atoms with E-state index in [1.807, 2.05) is 17.9 Å². The SMILES string of the molecule is CC(Cc1ccccc1F)C(=O)N1CCCC1. The van der Waals surface area contributed by atoms with Crippen LogP contribution in [-0.4, -0.2) is 23.9 Å². The van der Waals surface area contributed by atoms with Crippen molar-refractivity contribution < 1.29 is 9.18 Å². The number of hydrogen-bond acceptors (Lipinski definition) is 1. The zero-order chi connectivity index (χ0) is 12.3. The lowest BCUT2D eigenvalue weighted by atomic mass is 9.99. The van der Waals surface area contributed by atoms with Gasteiger partial charge in [0.15, 0.2) is 0 Å². The molecular formula is C14H18FNO. The molecule has 0 N–H and O–H groups in total. The minimum absolute atomic E-state index is 0.134. The summed E-state index contributed by atoms with van der Waals surface area (Å²) in [7, 11) is 0. The number of rotatable bonds is 3. The van der Waals surface area contributed by atoms with Gasteiger partial charge in [0.1, 0.15) is 5.82 Å². The first kappa shape index (κ1) is 12.1. The molecule has 0 radical (unpaired) electrons. The molecule has 1 unspecified atom stereocenters. The van der Waals surface area contributed by atoms with Crippen molar-refractivity contribution in [2.45, 2.75) is 26.2 Å². The highest BCUT2D eigenvalue weighted by atomic mass is 19.1. The molecule has 92 valence electrons. The molecule has 1 aliphatic rings. The first-order valence-electron chi connectivity index (χ1n) is 6.20. The van der Waals surface area contributed by atoms with Crippen molar-refractivity contribution in [3.8, 4) is 0 Å². The quantitative estimate of drug-likeness (QED) is 0.788. The third-order valence-corrected chi connectivity index (χ3v) is 3.32. The number of halogens is 1. The van der Waals surface area contributed by atoms with Crippen LogP contribution in [0.25, 0.3) is 0 Å². The Bertz CT molecular complexity index is 399. The summed E-state index contributed by atoms with van der Waals surface area (Å²) < 4.78 is 13.5. The molecule has 17 heavy (non-hydrogen) atoms. The molecule has 2 nitrogen and oxygen atoms in total. The van der Waals surface area contributed by atoms with Gasteiger partial charge in [-0.15, -0.1) is 0 Å². The van der Waals surface area contributed by atoms with Gasteiger partial charge in [0.25, 0.3) is 0 Å². The summed E-state index contributed by atoms with van der Waals surface area (Å²) in [6.07, 6.45) is 2.68. The highest BCUT2D eigenvalue weighted by molar-refractivity contribution is 5.79. The fourth-order valence-corrected chi connectivity index (χ4v) is 2.33. The molecule has 2 rings (SSSR count). The molecule has 0 saturated carbocycles. The van der Waals surface area contributed by atoms with Gasteiger partial charge < -0.3 is 4.90 Å². The molecular weight excluding hydrogens is 217 g/mol. The van der Waals surface area contributed by atoms with Crippen LogP contribution in [0.1, 0.15) is 25.3 Å². The molecule has 0 aromatic heterocycles. The minimum Gasteiger partial charge on any atom is -0.342 e. The van der Waals surface area contributed by atoms with Gasteiger partial charge in [-0.25, -0.2) is 4.39 Å². The normalized spacial score (nSPS) is 17.2. The predicted octanol–water partition coefficient (Wildman–Crippen LogP) is 2.63. The van der Waals surface area contributed by atoms with Gasteiger partial charge in [-0.05, 0) is 30.9 Å². The second kappa shape index (κ2) is 5.30. The van der Waals surface area contributed by atoms with Crippen molar-refractivity contribution in [3.63, 3.8) is 0 Å². The zero-order valence-corrected chi connectivity index (χ0v) is 10.2. The number of hydrogen-bond donors (Lipinski definition) is 0. The van der Waals surface area contributed by atoms with E-state index >= 15 is 0 Å². The predicted molar refractivity (Wildman–Crippen MR) is 65.1 cm³/mol. The third kappa shape index (κ3) is 2.84. The van der Waals surface area contributed by atoms with Gasteiger partial charge in [0.2, 0.25) is 5.91 Å². The fraction of sp³-hybridized carbons (Fsp3) is 0.500. The Balaban J connectivity index is 1.99. The molecule has 1 aromatic rings. The first-order chi connectivity index (χ1) is 8.18. The highest BCUT2D eigenvalue weighted by Crippen LogP contribution is 2.17. The highest BCUT2D eigenvalue weighted by Gasteiger charge is 2.23. The Morgan fingerprint density at radius 3 is 2.65 bits per heavy atom. The molecule has 1 saturated heterocycles. The maximum absolute atomic E-state index is 13.5. The van der Waals surface area contributed by atoms with Crippen LogP contribution in [0.5, 0.6) is 0 Å².